The first-order chi connectivity index (χ1) is 6.61. The first-order valence-corrected chi connectivity index (χ1v) is 5.28. The van der Waals surface area contributed by atoms with Gasteiger partial charge in [-0.3, -0.25) is 5.73 Å². The maximum atomic E-state index is 5.97. The second-order valence-electron chi connectivity index (χ2n) is 3.57. The molecular weight excluding hydrogens is 221 g/mol. The molecule has 2 N–H and O–H groups in total. The number of hydrogen-bond acceptors (Lipinski definition) is 2. The van der Waals surface area contributed by atoms with E-state index in [9.17, 15) is 0 Å². The first-order valence-electron chi connectivity index (χ1n) is 4.53. The largest absolute Gasteiger partial charge is 0.471 e. The zero-order chi connectivity index (χ0) is 10.2. The Hall–Kier alpha value is -0.440. The molecule has 1 aromatic carbocycles. The van der Waals surface area contributed by atoms with Crippen LogP contribution in [0.1, 0.15) is 19.3 Å². The van der Waals surface area contributed by atoms with E-state index in [0.29, 0.717) is 15.8 Å². The van der Waals surface area contributed by atoms with Crippen LogP contribution in [-0.4, -0.2) is 5.72 Å². The van der Waals surface area contributed by atoms with Gasteiger partial charge in [0.1, 0.15) is 10.8 Å². The standard InChI is InChI=1S/C10H11Cl2NO/c11-7-3-1-4-8(9(7)12)14-10(13)5-2-6-10/h1,3-4H,2,5-6,13H2. The Morgan fingerprint density at radius 1 is 1.29 bits per heavy atom. The minimum Gasteiger partial charge on any atom is -0.471 e. The zero-order valence-electron chi connectivity index (χ0n) is 7.59. The fourth-order valence-corrected chi connectivity index (χ4v) is 1.74. The van der Waals surface area contributed by atoms with E-state index in [4.69, 9.17) is 33.7 Å². The Morgan fingerprint density at radius 2 is 2.00 bits per heavy atom. The molecule has 4 heteroatoms. The highest BCUT2D eigenvalue weighted by Crippen LogP contribution is 2.37. The Kier molecular flexibility index (Phi) is 2.60. The van der Waals surface area contributed by atoms with Gasteiger partial charge in [0.25, 0.3) is 0 Å². The van der Waals surface area contributed by atoms with Crippen LogP contribution in [-0.2, 0) is 0 Å². The summed E-state index contributed by atoms with van der Waals surface area (Å²) in [6.07, 6.45) is 2.85. The summed E-state index contributed by atoms with van der Waals surface area (Å²) >= 11 is 11.8. The van der Waals surface area contributed by atoms with Crippen molar-refractivity contribution in [2.45, 2.75) is 25.0 Å². The van der Waals surface area contributed by atoms with Gasteiger partial charge in [0, 0.05) is 12.8 Å². The third-order valence-corrected chi connectivity index (χ3v) is 3.23. The van der Waals surface area contributed by atoms with Crippen molar-refractivity contribution >= 4 is 23.2 Å². The maximum Gasteiger partial charge on any atom is 0.158 e. The van der Waals surface area contributed by atoms with Crippen molar-refractivity contribution in [3.8, 4) is 5.75 Å². The predicted octanol–water partition coefficient (Wildman–Crippen LogP) is 3.21. The van der Waals surface area contributed by atoms with Gasteiger partial charge in [0.05, 0.1) is 5.02 Å². The second kappa shape index (κ2) is 3.61. The summed E-state index contributed by atoms with van der Waals surface area (Å²) in [7, 11) is 0. The van der Waals surface area contributed by atoms with E-state index >= 15 is 0 Å². The summed E-state index contributed by atoms with van der Waals surface area (Å²) in [5.41, 5.74) is 5.40. The van der Waals surface area contributed by atoms with Crippen molar-refractivity contribution < 1.29 is 4.74 Å². The third-order valence-electron chi connectivity index (χ3n) is 2.43. The van der Waals surface area contributed by atoms with Crippen molar-refractivity contribution in [1.29, 1.82) is 0 Å². The van der Waals surface area contributed by atoms with Gasteiger partial charge in [-0.05, 0) is 18.6 Å². The molecule has 1 aromatic rings. The molecule has 0 heterocycles. The number of halogens is 2. The zero-order valence-corrected chi connectivity index (χ0v) is 9.11. The summed E-state index contributed by atoms with van der Waals surface area (Å²) in [6, 6.07) is 5.30. The van der Waals surface area contributed by atoms with Gasteiger partial charge in [0.15, 0.2) is 5.72 Å². The average Bonchev–Trinajstić information content (AvgIpc) is 2.10. The summed E-state index contributed by atoms with van der Waals surface area (Å²) in [4.78, 5) is 0. The van der Waals surface area contributed by atoms with E-state index in [0.717, 1.165) is 19.3 Å². The van der Waals surface area contributed by atoms with E-state index in [1.165, 1.54) is 0 Å². The highest BCUT2D eigenvalue weighted by atomic mass is 35.5. The molecule has 1 fully saturated rings. The minimum absolute atomic E-state index is 0.436. The minimum atomic E-state index is -0.533. The molecule has 0 saturated heterocycles. The van der Waals surface area contributed by atoms with Crippen molar-refractivity contribution in [2.75, 3.05) is 0 Å². The molecular formula is C10H11Cl2NO. The number of benzene rings is 1. The van der Waals surface area contributed by atoms with E-state index in [1.807, 2.05) is 0 Å². The van der Waals surface area contributed by atoms with E-state index in [2.05, 4.69) is 0 Å². The lowest BCUT2D eigenvalue weighted by Gasteiger charge is -2.38. The molecule has 0 bridgehead atoms. The summed E-state index contributed by atoms with van der Waals surface area (Å²) < 4.78 is 5.61. The predicted molar refractivity (Wildman–Crippen MR) is 57.9 cm³/mol. The molecule has 76 valence electrons. The lowest BCUT2D eigenvalue weighted by Crippen LogP contribution is -2.51. The molecule has 1 aliphatic rings. The number of rotatable bonds is 2. The average molecular weight is 232 g/mol. The third kappa shape index (κ3) is 1.83. The number of ether oxygens (including phenoxy) is 1. The lowest BCUT2D eigenvalue weighted by atomic mass is 9.89. The van der Waals surface area contributed by atoms with Crippen LogP contribution >= 0.6 is 23.2 Å². The maximum absolute atomic E-state index is 5.97. The van der Waals surface area contributed by atoms with Crippen molar-refractivity contribution in [1.82, 2.24) is 0 Å². The van der Waals surface area contributed by atoms with Gasteiger partial charge >= 0.3 is 0 Å². The van der Waals surface area contributed by atoms with E-state index < -0.39 is 5.72 Å². The van der Waals surface area contributed by atoms with Crippen LogP contribution in [0.15, 0.2) is 18.2 Å². The molecule has 0 atom stereocenters. The smallest absolute Gasteiger partial charge is 0.158 e. The molecule has 2 rings (SSSR count). The summed E-state index contributed by atoms with van der Waals surface area (Å²) in [6.45, 7) is 0. The Balaban J connectivity index is 2.20. The SMILES string of the molecule is NC1(Oc2cccc(Cl)c2Cl)CCC1. The topological polar surface area (TPSA) is 35.2 Å². The monoisotopic (exact) mass is 231 g/mol. The molecule has 0 radical (unpaired) electrons. The van der Waals surface area contributed by atoms with Crippen molar-refractivity contribution in [2.24, 2.45) is 5.73 Å². The van der Waals surface area contributed by atoms with Crippen LogP contribution < -0.4 is 10.5 Å². The normalized spacial score (nSPS) is 18.8. The van der Waals surface area contributed by atoms with Gasteiger partial charge in [0.2, 0.25) is 0 Å². The van der Waals surface area contributed by atoms with Gasteiger partial charge in [-0.15, -0.1) is 0 Å². The van der Waals surface area contributed by atoms with Crippen LogP contribution in [0, 0.1) is 0 Å². The van der Waals surface area contributed by atoms with Gasteiger partial charge in [-0.25, -0.2) is 0 Å². The van der Waals surface area contributed by atoms with Gasteiger partial charge < -0.3 is 4.74 Å². The fraction of sp³-hybridized carbons (Fsp3) is 0.400. The fourth-order valence-electron chi connectivity index (χ4n) is 1.41. The van der Waals surface area contributed by atoms with Crippen LogP contribution in [0.25, 0.3) is 0 Å². The molecule has 0 aliphatic heterocycles. The number of nitrogens with two attached hydrogens (primary N) is 1. The van der Waals surface area contributed by atoms with Crippen LogP contribution in [0.4, 0.5) is 0 Å². The second-order valence-corrected chi connectivity index (χ2v) is 4.36. The van der Waals surface area contributed by atoms with E-state index in [-0.39, 0.29) is 0 Å². The molecule has 0 amide bonds. The Labute approximate surface area is 92.9 Å². The number of hydrogen-bond donors (Lipinski definition) is 1. The quantitative estimate of drug-likeness (QED) is 0.794. The molecule has 0 spiro atoms. The molecule has 14 heavy (non-hydrogen) atoms. The lowest BCUT2D eigenvalue weighted by molar-refractivity contribution is -0.000816. The summed E-state index contributed by atoms with van der Waals surface area (Å²) in [5, 5.41) is 0.929. The van der Waals surface area contributed by atoms with Crippen molar-refractivity contribution in [3.05, 3.63) is 28.2 Å². The Bertz CT molecular complexity index is 350. The van der Waals surface area contributed by atoms with Crippen LogP contribution in [0.3, 0.4) is 0 Å². The van der Waals surface area contributed by atoms with Crippen molar-refractivity contribution in [3.63, 3.8) is 0 Å². The van der Waals surface area contributed by atoms with Gasteiger partial charge in [-0.2, -0.15) is 0 Å². The van der Waals surface area contributed by atoms with Gasteiger partial charge in [-0.1, -0.05) is 29.3 Å². The Morgan fingerprint density at radius 3 is 2.57 bits per heavy atom. The highest BCUT2D eigenvalue weighted by molar-refractivity contribution is 6.42. The molecule has 2 nitrogen and oxygen atoms in total. The summed E-state index contributed by atoms with van der Waals surface area (Å²) in [5.74, 6) is 0.571. The van der Waals surface area contributed by atoms with Crippen LogP contribution in [0.2, 0.25) is 10.0 Å². The molecule has 1 aliphatic carbocycles. The highest BCUT2D eigenvalue weighted by Gasteiger charge is 2.35. The molecule has 0 aromatic heterocycles. The molecule has 1 saturated carbocycles. The van der Waals surface area contributed by atoms with E-state index in [1.54, 1.807) is 18.2 Å². The van der Waals surface area contributed by atoms with Crippen LogP contribution in [0.5, 0.6) is 5.75 Å². The molecule has 0 unspecified atom stereocenters. The first kappa shape index (κ1) is 10.1.